The Balaban J connectivity index is 2.81. The number of sulfone groups is 1. The van der Waals surface area contributed by atoms with Crippen LogP contribution in [0.1, 0.15) is 19.3 Å². The molecule has 16 heavy (non-hydrogen) atoms. The Morgan fingerprint density at radius 3 is 2.38 bits per heavy atom. The molecule has 0 bridgehead atoms. The fraction of sp³-hybridized carbons (Fsp3) is 0.900. The number of methoxy groups -OCH3 is 1. The van der Waals surface area contributed by atoms with Crippen LogP contribution < -0.4 is 5.73 Å². The number of carbonyl (C=O) groups is 1. The van der Waals surface area contributed by atoms with E-state index in [2.05, 4.69) is 0 Å². The van der Waals surface area contributed by atoms with Crippen molar-refractivity contribution in [2.75, 3.05) is 25.7 Å². The van der Waals surface area contributed by atoms with Crippen molar-refractivity contribution in [3.63, 3.8) is 0 Å². The highest BCUT2D eigenvalue weighted by molar-refractivity contribution is 7.90. The Morgan fingerprint density at radius 1 is 1.50 bits per heavy atom. The molecule has 2 N–H and O–H groups in total. The highest BCUT2D eigenvalue weighted by Gasteiger charge is 2.50. The van der Waals surface area contributed by atoms with Gasteiger partial charge in [-0.25, -0.2) is 8.42 Å². The van der Waals surface area contributed by atoms with Gasteiger partial charge in [0.15, 0.2) is 0 Å². The summed E-state index contributed by atoms with van der Waals surface area (Å²) in [6.07, 6.45) is 3.28. The molecule has 1 rings (SSSR count). The highest BCUT2D eigenvalue weighted by Crippen LogP contribution is 2.48. The van der Waals surface area contributed by atoms with E-state index in [0.29, 0.717) is 0 Å². The summed E-state index contributed by atoms with van der Waals surface area (Å²) in [7, 11) is -1.76. The summed E-state index contributed by atoms with van der Waals surface area (Å²) in [6.45, 7) is 0.153. The average molecular weight is 249 g/mol. The van der Waals surface area contributed by atoms with Crippen LogP contribution in [0.4, 0.5) is 0 Å². The molecule has 1 aliphatic rings. The van der Waals surface area contributed by atoms with Crippen molar-refractivity contribution in [2.45, 2.75) is 19.3 Å². The lowest BCUT2D eigenvalue weighted by molar-refractivity contribution is -0.153. The molecule has 1 unspecified atom stereocenters. The van der Waals surface area contributed by atoms with E-state index in [1.54, 1.807) is 0 Å². The molecular weight excluding hydrogens is 230 g/mol. The Bertz CT molecular complexity index is 361. The molecule has 0 saturated heterocycles. The van der Waals surface area contributed by atoms with Crippen LogP contribution in [0.25, 0.3) is 0 Å². The molecule has 0 spiro atoms. The number of rotatable bonds is 6. The zero-order chi connectivity index (χ0) is 12.4. The van der Waals surface area contributed by atoms with Crippen LogP contribution >= 0.6 is 0 Å². The normalized spacial score (nSPS) is 20.2. The third kappa shape index (κ3) is 2.95. The predicted octanol–water partition coefficient (Wildman–Crippen LogP) is -0.0508. The van der Waals surface area contributed by atoms with Crippen molar-refractivity contribution >= 4 is 15.8 Å². The van der Waals surface area contributed by atoms with Gasteiger partial charge >= 0.3 is 5.97 Å². The zero-order valence-electron chi connectivity index (χ0n) is 9.73. The summed E-state index contributed by atoms with van der Waals surface area (Å²) in [5.74, 6) is -0.205. The topological polar surface area (TPSA) is 86.5 Å². The second-order valence-corrected chi connectivity index (χ2v) is 6.77. The maximum atomic E-state index is 11.8. The fourth-order valence-corrected chi connectivity index (χ4v) is 2.77. The Labute approximate surface area is 96.3 Å². The third-order valence-corrected chi connectivity index (χ3v) is 4.18. The van der Waals surface area contributed by atoms with Crippen molar-refractivity contribution < 1.29 is 17.9 Å². The van der Waals surface area contributed by atoms with Crippen LogP contribution in [-0.4, -0.2) is 40.1 Å². The van der Waals surface area contributed by atoms with E-state index >= 15 is 0 Å². The van der Waals surface area contributed by atoms with Gasteiger partial charge < -0.3 is 10.5 Å². The lowest BCUT2D eigenvalue weighted by atomic mass is 9.80. The van der Waals surface area contributed by atoms with E-state index in [9.17, 15) is 13.2 Å². The summed E-state index contributed by atoms with van der Waals surface area (Å²) >= 11 is 0. The summed E-state index contributed by atoms with van der Waals surface area (Å²) < 4.78 is 27.1. The molecule has 1 fully saturated rings. The van der Waals surface area contributed by atoms with E-state index in [-0.39, 0.29) is 30.6 Å². The monoisotopic (exact) mass is 249 g/mol. The van der Waals surface area contributed by atoms with Gasteiger partial charge in [0, 0.05) is 12.8 Å². The Morgan fingerprint density at radius 2 is 2.06 bits per heavy atom. The molecule has 0 radical (unpaired) electrons. The van der Waals surface area contributed by atoms with Gasteiger partial charge in [0.1, 0.15) is 9.84 Å². The molecule has 0 aromatic rings. The van der Waals surface area contributed by atoms with Crippen LogP contribution in [0.15, 0.2) is 0 Å². The first kappa shape index (κ1) is 13.4. The maximum absolute atomic E-state index is 11.8. The summed E-state index contributed by atoms with van der Waals surface area (Å²) in [5.41, 5.74) is 4.87. The minimum absolute atomic E-state index is 0.0181. The van der Waals surface area contributed by atoms with Crippen LogP contribution in [0.5, 0.6) is 0 Å². The van der Waals surface area contributed by atoms with Gasteiger partial charge in [-0.3, -0.25) is 4.79 Å². The van der Waals surface area contributed by atoms with Gasteiger partial charge in [-0.1, -0.05) is 0 Å². The van der Waals surface area contributed by atoms with Gasteiger partial charge in [0.25, 0.3) is 0 Å². The third-order valence-electron chi connectivity index (χ3n) is 3.23. The lowest BCUT2D eigenvalue weighted by Gasteiger charge is -2.29. The standard InChI is InChI=1S/C10H19NO4S/c1-15-9(12)10(7-11,8-3-4-8)5-6-16(2,13)14/h8H,3-7,11H2,1-2H3. The lowest BCUT2D eigenvalue weighted by Crippen LogP contribution is -2.43. The maximum Gasteiger partial charge on any atom is 0.313 e. The minimum atomic E-state index is -3.08. The van der Waals surface area contributed by atoms with E-state index in [1.165, 1.54) is 13.4 Å². The molecule has 94 valence electrons. The SMILES string of the molecule is COC(=O)C(CN)(CCS(C)(=O)=O)C1CC1. The van der Waals surface area contributed by atoms with Gasteiger partial charge in [-0.15, -0.1) is 0 Å². The van der Waals surface area contributed by atoms with E-state index < -0.39 is 15.3 Å². The minimum Gasteiger partial charge on any atom is -0.469 e. The Kier molecular flexibility index (Phi) is 3.96. The van der Waals surface area contributed by atoms with Crippen LogP contribution in [0.2, 0.25) is 0 Å². The highest BCUT2D eigenvalue weighted by atomic mass is 32.2. The van der Waals surface area contributed by atoms with Crippen molar-refractivity contribution in [1.82, 2.24) is 0 Å². The first-order chi connectivity index (χ1) is 7.35. The first-order valence-corrected chi connectivity index (χ1v) is 7.38. The van der Waals surface area contributed by atoms with Crippen molar-refractivity contribution in [3.8, 4) is 0 Å². The zero-order valence-corrected chi connectivity index (χ0v) is 10.5. The van der Waals surface area contributed by atoms with Crippen molar-refractivity contribution in [1.29, 1.82) is 0 Å². The van der Waals surface area contributed by atoms with Crippen LogP contribution in [0.3, 0.4) is 0 Å². The largest absolute Gasteiger partial charge is 0.469 e. The predicted molar refractivity (Wildman–Crippen MR) is 60.6 cm³/mol. The smallest absolute Gasteiger partial charge is 0.313 e. The molecular formula is C10H19NO4S. The summed E-state index contributed by atoms with van der Waals surface area (Å²) in [5, 5.41) is 0. The van der Waals surface area contributed by atoms with Gasteiger partial charge in [0.05, 0.1) is 18.3 Å². The molecule has 5 nitrogen and oxygen atoms in total. The molecule has 0 heterocycles. The summed E-state index contributed by atoms with van der Waals surface area (Å²) in [4.78, 5) is 11.8. The summed E-state index contributed by atoms with van der Waals surface area (Å²) in [6, 6.07) is 0. The van der Waals surface area contributed by atoms with Crippen LogP contribution in [-0.2, 0) is 19.4 Å². The number of hydrogen-bond donors (Lipinski definition) is 1. The van der Waals surface area contributed by atoms with Crippen molar-refractivity contribution in [2.24, 2.45) is 17.1 Å². The van der Waals surface area contributed by atoms with E-state index in [4.69, 9.17) is 10.5 Å². The van der Waals surface area contributed by atoms with E-state index in [1.807, 2.05) is 0 Å². The van der Waals surface area contributed by atoms with Crippen LogP contribution in [0, 0.1) is 11.3 Å². The molecule has 0 aromatic heterocycles. The number of ether oxygens (including phenoxy) is 1. The number of esters is 1. The van der Waals surface area contributed by atoms with Gasteiger partial charge in [-0.05, 0) is 25.2 Å². The average Bonchev–Trinajstić information content (AvgIpc) is 3.01. The molecule has 0 amide bonds. The van der Waals surface area contributed by atoms with Crippen molar-refractivity contribution in [3.05, 3.63) is 0 Å². The molecule has 0 aliphatic heterocycles. The molecule has 1 atom stereocenters. The fourth-order valence-electron chi connectivity index (χ4n) is 2.03. The Hall–Kier alpha value is -0.620. The van der Waals surface area contributed by atoms with E-state index in [0.717, 1.165) is 12.8 Å². The first-order valence-electron chi connectivity index (χ1n) is 5.32. The number of carbonyl (C=O) groups excluding carboxylic acids is 1. The molecule has 0 aromatic carbocycles. The molecule has 1 saturated carbocycles. The number of nitrogens with two attached hydrogens (primary N) is 1. The molecule has 1 aliphatic carbocycles. The second-order valence-electron chi connectivity index (χ2n) is 4.51. The number of hydrogen-bond acceptors (Lipinski definition) is 5. The van der Waals surface area contributed by atoms with Gasteiger partial charge in [-0.2, -0.15) is 0 Å². The second kappa shape index (κ2) is 4.71. The van der Waals surface area contributed by atoms with Gasteiger partial charge in [0.2, 0.25) is 0 Å². The quantitative estimate of drug-likeness (QED) is 0.667. The molecule has 6 heteroatoms.